The maximum atomic E-state index is 13.1. The van der Waals surface area contributed by atoms with Gasteiger partial charge < -0.3 is 5.32 Å². The summed E-state index contributed by atoms with van der Waals surface area (Å²) >= 11 is 0. The smallest absolute Gasteiger partial charge is 0.205 e. The number of hydrogen-bond acceptors (Lipinski definition) is 4. The summed E-state index contributed by atoms with van der Waals surface area (Å²) < 4.78 is 13.1. The number of carbonyl (C=O) groups excluding carboxylic acids is 2. The molecule has 5 nitrogen and oxygen atoms in total. The van der Waals surface area contributed by atoms with Gasteiger partial charge in [-0.1, -0.05) is 20.8 Å². The van der Waals surface area contributed by atoms with E-state index in [1.165, 1.54) is 31.2 Å². The first-order chi connectivity index (χ1) is 12.2. The van der Waals surface area contributed by atoms with E-state index in [0.717, 1.165) is 0 Å². The Kier molecular flexibility index (Phi) is 5.87. The number of hydrazone groups is 1. The summed E-state index contributed by atoms with van der Waals surface area (Å²) in [4.78, 5) is 24.0. The largest absolute Gasteiger partial charge is 0.336 e. The molecule has 2 rings (SSSR count). The van der Waals surface area contributed by atoms with Crippen LogP contribution in [0.4, 0.5) is 15.8 Å². The van der Waals surface area contributed by atoms with Crippen molar-refractivity contribution in [3.63, 3.8) is 0 Å². The molecule has 0 fully saturated rings. The van der Waals surface area contributed by atoms with Crippen molar-refractivity contribution in [1.29, 1.82) is 0 Å². The van der Waals surface area contributed by atoms with Crippen molar-refractivity contribution < 1.29 is 14.0 Å². The van der Waals surface area contributed by atoms with Crippen LogP contribution < -0.4 is 10.7 Å². The molecule has 6 heteroatoms. The van der Waals surface area contributed by atoms with E-state index >= 15 is 0 Å². The average Bonchev–Trinajstić information content (AvgIpc) is 2.59. The van der Waals surface area contributed by atoms with Crippen LogP contribution in [-0.4, -0.2) is 17.4 Å². The second-order valence-electron chi connectivity index (χ2n) is 6.92. The van der Waals surface area contributed by atoms with Gasteiger partial charge in [0, 0.05) is 16.7 Å². The van der Waals surface area contributed by atoms with Crippen LogP contribution in [0, 0.1) is 11.2 Å². The highest BCUT2D eigenvalue weighted by Crippen LogP contribution is 2.18. The number of benzene rings is 2. The topological polar surface area (TPSA) is 70.6 Å². The van der Waals surface area contributed by atoms with E-state index in [1.807, 2.05) is 0 Å². The third kappa shape index (κ3) is 5.24. The van der Waals surface area contributed by atoms with Gasteiger partial charge in [0.15, 0.2) is 11.6 Å². The molecule has 2 N–H and O–H groups in total. The Balaban J connectivity index is 2.24. The van der Waals surface area contributed by atoms with E-state index < -0.39 is 5.41 Å². The molecule has 0 saturated heterocycles. The third-order valence-corrected chi connectivity index (χ3v) is 3.59. The summed E-state index contributed by atoms with van der Waals surface area (Å²) in [6, 6.07) is 12.4. The number of nitrogens with zero attached hydrogens (tertiary/aromatic N) is 1. The Bertz CT molecular complexity index is 820. The second-order valence-corrected chi connectivity index (χ2v) is 6.92. The number of ketones is 2. The van der Waals surface area contributed by atoms with Crippen molar-refractivity contribution in [2.75, 3.05) is 10.7 Å². The number of nitrogens with one attached hydrogen (secondary N) is 2. The SMILES string of the molecule is CC(=O)c1ccc(N/N=C(\Nc2ccc(F)cc2)C(=O)C(C)(C)C)cc1. The molecule has 0 aromatic heterocycles. The van der Waals surface area contributed by atoms with Crippen molar-refractivity contribution in [2.45, 2.75) is 27.7 Å². The highest BCUT2D eigenvalue weighted by atomic mass is 19.1. The maximum Gasteiger partial charge on any atom is 0.205 e. The third-order valence-electron chi connectivity index (χ3n) is 3.59. The summed E-state index contributed by atoms with van der Waals surface area (Å²) in [6.07, 6.45) is 0. The highest BCUT2D eigenvalue weighted by Gasteiger charge is 2.27. The van der Waals surface area contributed by atoms with Crippen LogP contribution in [0.25, 0.3) is 0 Å². The minimum atomic E-state index is -0.647. The number of halogens is 1. The fraction of sp³-hybridized carbons (Fsp3) is 0.250. The molecule has 0 spiro atoms. The van der Waals surface area contributed by atoms with Crippen LogP contribution in [0.1, 0.15) is 38.1 Å². The minimum Gasteiger partial charge on any atom is -0.336 e. The van der Waals surface area contributed by atoms with Crippen molar-refractivity contribution in [3.05, 3.63) is 59.9 Å². The van der Waals surface area contributed by atoms with E-state index in [4.69, 9.17) is 0 Å². The normalized spacial score (nSPS) is 11.8. The van der Waals surface area contributed by atoms with Gasteiger partial charge in [-0.3, -0.25) is 15.0 Å². The molecule has 0 atom stereocenters. The second kappa shape index (κ2) is 7.91. The molecule has 0 aliphatic carbocycles. The molecule has 2 aromatic rings. The fourth-order valence-electron chi connectivity index (χ4n) is 2.06. The number of hydrogen-bond donors (Lipinski definition) is 2. The zero-order valence-corrected chi connectivity index (χ0v) is 15.3. The van der Waals surface area contributed by atoms with Crippen LogP contribution in [-0.2, 0) is 4.79 Å². The summed E-state index contributed by atoms with van der Waals surface area (Å²) in [6.45, 7) is 6.86. The Labute approximate surface area is 152 Å². The quantitative estimate of drug-likeness (QED) is 0.359. The zero-order valence-electron chi connectivity index (χ0n) is 15.3. The van der Waals surface area contributed by atoms with Crippen molar-refractivity contribution in [2.24, 2.45) is 10.5 Å². The lowest BCUT2D eigenvalue weighted by atomic mass is 9.90. The molecule has 2 aromatic carbocycles. The van der Waals surface area contributed by atoms with Gasteiger partial charge in [0.05, 0.1) is 5.69 Å². The molecule has 0 radical (unpaired) electrons. The lowest BCUT2D eigenvalue weighted by molar-refractivity contribution is -0.119. The molecule has 136 valence electrons. The molecule has 0 bridgehead atoms. The Morgan fingerprint density at radius 3 is 1.96 bits per heavy atom. The Morgan fingerprint density at radius 1 is 0.923 bits per heavy atom. The van der Waals surface area contributed by atoms with Gasteiger partial charge in [-0.05, 0) is 55.5 Å². The van der Waals surface area contributed by atoms with Gasteiger partial charge in [0.25, 0.3) is 0 Å². The van der Waals surface area contributed by atoms with Crippen LogP contribution in [0.15, 0.2) is 53.6 Å². The van der Waals surface area contributed by atoms with Crippen LogP contribution >= 0.6 is 0 Å². The predicted molar refractivity (Wildman–Crippen MR) is 102 cm³/mol. The van der Waals surface area contributed by atoms with E-state index in [2.05, 4.69) is 15.8 Å². The van der Waals surface area contributed by atoms with E-state index in [0.29, 0.717) is 16.9 Å². The summed E-state index contributed by atoms with van der Waals surface area (Å²) in [5.41, 5.74) is 3.95. The fourth-order valence-corrected chi connectivity index (χ4v) is 2.06. The summed E-state index contributed by atoms with van der Waals surface area (Å²) in [7, 11) is 0. The predicted octanol–water partition coefficient (Wildman–Crippen LogP) is 4.48. The van der Waals surface area contributed by atoms with Crippen molar-refractivity contribution in [3.8, 4) is 0 Å². The molecule has 0 amide bonds. The van der Waals surface area contributed by atoms with Crippen LogP contribution in [0.3, 0.4) is 0 Å². The molecule has 26 heavy (non-hydrogen) atoms. The number of rotatable bonds is 5. The van der Waals surface area contributed by atoms with Gasteiger partial charge in [0.1, 0.15) is 5.82 Å². The molecule has 0 heterocycles. The number of anilines is 2. The van der Waals surface area contributed by atoms with Crippen LogP contribution in [0.5, 0.6) is 0 Å². The first-order valence-electron chi connectivity index (χ1n) is 8.19. The van der Waals surface area contributed by atoms with E-state index in [9.17, 15) is 14.0 Å². The first-order valence-corrected chi connectivity index (χ1v) is 8.19. The van der Waals surface area contributed by atoms with Crippen molar-refractivity contribution >= 4 is 28.8 Å². The molecule has 0 saturated carbocycles. The summed E-state index contributed by atoms with van der Waals surface area (Å²) in [5, 5.41) is 7.11. The minimum absolute atomic E-state index is 0.0263. The standard InChI is InChI=1S/C20H22FN3O2/c1-13(25)14-5-9-17(10-6-14)23-24-19(18(26)20(2,3)4)22-16-11-7-15(21)8-12-16/h5-12,23H,1-4H3,(H,22,24). The Morgan fingerprint density at radius 2 is 1.46 bits per heavy atom. The molecule has 0 aliphatic rings. The number of amidine groups is 1. The van der Waals surface area contributed by atoms with Gasteiger partial charge in [-0.2, -0.15) is 5.10 Å². The number of carbonyl (C=O) groups is 2. The maximum absolute atomic E-state index is 13.1. The zero-order chi connectivity index (χ0) is 19.3. The molecular weight excluding hydrogens is 333 g/mol. The van der Waals surface area contributed by atoms with Gasteiger partial charge in [-0.15, -0.1) is 0 Å². The average molecular weight is 355 g/mol. The van der Waals surface area contributed by atoms with Gasteiger partial charge >= 0.3 is 0 Å². The molecule has 0 aliphatic heterocycles. The Hall–Kier alpha value is -3.02. The van der Waals surface area contributed by atoms with E-state index in [1.54, 1.807) is 45.0 Å². The number of Topliss-reactive ketones (excluding diaryl/α,β-unsaturated/α-hetero) is 2. The summed E-state index contributed by atoms with van der Waals surface area (Å²) in [5.74, 6) is -0.476. The first kappa shape index (κ1) is 19.3. The molecular formula is C20H22FN3O2. The monoisotopic (exact) mass is 355 g/mol. The van der Waals surface area contributed by atoms with Crippen molar-refractivity contribution in [1.82, 2.24) is 0 Å². The lowest BCUT2D eigenvalue weighted by Gasteiger charge is -2.19. The highest BCUT2D eigenvalue weighted by molar-refractivity contribution is 6.44. The van der Waals surface area contributed by atoms with E-state index in [-0.39, 0.29) is 23.2 Å². The molecule has 0 unspecified atom stereocenters. The lowest BCUT2D eigenvalue weighted by Crippen LogP contribution is -2.34. The van der Waals surface area contributed by atoms with Crippen LogP contribution in [0.2, 0.25) is 0 Å². The van der Waals surface area contributed by atoms with Gasteiger partial charge in [-0.25, -0.2) is 4.39 Å². The van der Waals surface area contributed by atoms with Gasteiger partial charge in [0.2, 0.25) is 5.78 Å².